The molecular weight excluding hydrogens is 421 g/mol. The number of halogens is 3. The number of aromatic nitrogens is 2. The molecule has 0 amide bonds. The zero-order chi connectivity index (χ0) is 22.9. The molecule has 0 spiro atoms. The van der Waals surface area contributed by atoms with Crippen LogP contribution < -0.4 is 21.7 Å². The molecule has 0 unspecified atom stereocenters. The quantitative estimate of drug-likeness (QED) is 0.517. The van der Waals surface area contributed by atoms with Crippen LogP contribution in [0.5, 0.6) is 0 Å². The van der Waals surface area contributed by atoms with Crippen LogP contribution in [-0.2, 0) is 17.5 Å². The molecule has 2 aromatic carbocycles. The van der Waals surface area contributed by atoms with Crippen molar-refractivity contribution >= 4 is 22.3 Å². The zero-order valence-corrected chi connectivity index (χ0v) is 17.6. The molecule has 2 heterocycles. The summed E-state index contributed by atoms with van der Waals surface area (Å²) in [5.74, 6) is 0.386. The lowest BCUT2D eigenvalue weighted by molar-refractivity contribution is -0.138. The van der Waals surface area contributed by atoms with E-state index >= 15 is 0 Å². The lowest BCUT2D eigenvalue weighted by Crippen LogP contribution is -2.36. The highest BCUT2D eigenvalue weighted by atomic mass is 19.4. The summed E-state index contributed by atoms with van der Waals surface area (Å²) >= 11 is 0. The molecular formula is C22H25F3N6O. The van der Waals surface area contributed by atoms with Gasteiger partial charge in [-0.05, 0) is 36.2 Å². The highest BCUT2D eigenvalue weighted by Gasteiger charge is 2.33. The van der Waals surface area contributed by atoms with Gasteiger partial charge in [0.05, 0.1) is 24.5 Å². The van der Waals surface area contributed by atoms with E-state index in [1.54, 1.807) is 6.07 Å². The van der Waals surface area contributed by atoms with Crippen molar-refractivity contribution in [3.63, 3.8) is 0 Å². The fourth-order valence-electron chi connectivity index (χ4n) is 4.00. The van der Waals surface area contributed by atoms with Crippen LogP contribution in [0.2, 0.25) is 0 Å². The Morgan fingerprint density at radius 1 is 1.12 bits per heavy atom. The topological polar surface area (TPSA) is 102 Å². The number of nitrogens with one attached hydrogen (secondary N) is 1. The van der Waals surface area contributed by atoms with E-state index in [0.29, 0.717) is 30.3 Å². The molecule has 10 heteroatoms. The number of alkyl halides is 3. The first-order valence-corrected chi connectivity index (χ1v) is 10.3. The van der Waals surface area contributed by atoms with E-state index in [2.05, 4.69) is 20.4 Å². The lowest BCUT2D eigenvalue weighted by Gasteiger charge is -2.29. The molecule has 1 aliphatic rings. The van der Waals surface area contributed by atoms with Gasteiger partial charge in [0.2, 0.25) is 0 Å². The number of nitrogens with zero attached hydrogens (tertiary/aromatic N) is 3. The van der Waals surface area contributed by atoms with Crippen molar-refractivity contribution in [3.05, 3.63) is 58.8 Å². The molecule has 5 N–H and O–H groups in total. The van der Waals surface area contributed by atoms with Crippen LogP contribution in [0.1, 0.15) is 28.6 Å². The Morgan fingerprint density at radius 2 is 1.88 bits per heavy atom. The molecule has 0 aliphatic carbocycles. The van der Waals surface area contributed by atoms with Crippen LogP contribution in [-0.4, -0.2) is 36.5 Å². The van der Waals surface area contributed by atoms with Crippen LogP contribution in [0.3, 0.4) is 0 Å². The largest absolute Gasteiger partial charge is 0.416 e. The second-order valence-corrected chi connectivity index (χ2v) is 7.67. The van der Waals surface area contributed by atoms with Crippen LogP contribution in [0, 0.1) is 6.92 Å². The normalized spacial score (nSPS) is 15.8. The number of morpholine rings is 1. The van der Waals surface area contributed by atoms with E-state index in [9.17, 15) is 13.2 Å². The molecule has 1 aliphatic heterocycles. The van der Waals surface area contributed by atoms with Crippen LogP contribution in [0.25, 0.3) is 10.8 Å². The maximum Gasteiger partial charge on any atom is 0.416 e. The molecule has 1 fully saturated rings. The van der Waals surface area contributed by atoms with Crippen LogP contribution >= 0.6 is 0 Å². The highest BCUT2D eigenvalue weighted by Crippen LogP contribution is 2.35. The zero-order valence-electron chi connectivity index (χ0n) is 17.6. The van der Waals surface area contributed by atoms with Crippen LogP contribution in [0.15, 0.2) is 36.4 Å². The first-order chi connectivity index (χ1) is 15.3. The first-order valence-electron chi connectivity index (χ1n) is 10.3. The Morgan fingerprint density at radius 3 is 2.56 bits per heavy atom. The summed E-state index contributed by atoms with van der Waals surface area (Å²) in [6.45, 7) is 4.44. The number of nitrogens with two attached hydrogens (primary N) is 2. The molecule has 1 aromatic heterocycles. The van der Waals surface area contributed by atoms with Gasteiger partial charge in [-0.25, -0.2) is 0 Å². The van der Waals surface area contributed by atoms with Gasteiger partial charge in [0.15, 0.2) is 5.82 Å². The number of rotatable bonds is 5. The van der Waals surface area contributed by atoms with Gasteiger partial charge in [0, 0.05) is 36.1 Å². The van der Waals surface area contributed by atoms with Crippen molar-refractivity contribution in [1.29, 1.82) is 0 Å². The Kier molecular flexibility index (Phi) is 6.18. The van der Waals surface area contributed by atoms with E-state index in [1.165, 1.54) is 13.0 Å². The van der Waals surface area contributed by atoms with Crippen molar-refractivity contribution < 1.29 is 17.9 Å². The van der Waals surface area contributed by atoms with E-state index in [0.717, 1.165) is 35.6 Å². The Bertz CT molecular complexity index is 1110. The van der Waals surface area contributed by atoms with Crippen molar-refractivity contribution in [1.82, 2.24) is 10.2 Å². The summed E-state index contributed by atoms with van der Waals surface area (Å²) in [7, 11) is 0. The number of hydrogen-bond acceptors (Lipinski definition) is 7. The van der Waals surface area contributed by atoms with E-state index in [1.807, 2.05) is 18.2 Å². The standard InChI is InChI=1S/C22H25F3N6O/c1-13-15(3-2-4-18(13)22(23,24)25)20(27)28-21-17-11-14(31-7-9-32-10-8-31)5-6-16(17)19(12-26)29-30-21/h2-6,11,20H,7-10,12,26-27H2,1H3,(H,28,30)/t20-/m0/s1. The summed E-state index contributed by atoms with van der Waals surface area (Å²) < 4.78 is 45.4. The second-order valence-electron chi connectivity index (χ2n) is 7.67. The van der Waals surface area contributed by atoms with Crippen molar-refractivity contribution in [2.45, 2.75) is 25.8 Å². The van der Waals surface area contributed by atoms with Gasteiger partial charge in [0.25, 0.3) is 0 Å². The van der Waals surface area contributed by atoms with Gasteiger partial charge in [-0.3, -0.25) is 0 Å². The van der Waals surface area contributed by atoms with E-state index in [4.69, 9.17) is 16.2 Å². The highest BCUT2D eigenvalue weighted by molar-refractivity contribution is 5.95. The number of ether oxygens (including phenoxy) is 1. The van der Waals surface area contributed by atoms with Crippen molar-refractivity contribution in [2.75, 3.05) is 36.5 Å². The van der Waals surface area contributed by atoms with Gasteiger partial charge in [-0.15, -0.1) is 5.10 Å². The summed E-state index contributed by atoms with van der Waals surface area (Å²) in [5, 5.41) is 13.1. The van der Waals surface area contributed by atoms with Gasteiger partial charge < -0.3 is 26.4 Å². The Labute approximate surface area is 183 Å². The fraction of sp³-hybridized carbons (Fsp3) is 0.364. The maximum atomic E-state index is 13.3. The third-order valence-corrected chi connectivity index (χ3v) is 5.72. The molecule has 0 bridgehead atoms. The third-order valence-electron chi connectivity index (χ3n) is 5.72. The van der Waals surface area contributed by atoms with Gasteiger partial charge >= 0.3 is 6.18 Å². The Balaban J connectivity index is 1.72. The molecule has 0 radical (unpaired) electrons. The van der Waals surface area contributed by atoms with Crippen molar-refractivity contribution in [2.24, 2.45) is 11.5 Å². The predicted octanol–water partition coefficient (Wildman–Crippen LogP) is 3.32. The third kappa shape index (κ3) is 4.34. The Hall–Kier alpha value is -2.95. The summed E-state index contributed by atoms with van der Waals surface area (Å²) in [4.78, 5) is 2.20. The first kappa shape index (κ1) is 22.3. The van der Waals surface area contributed by atoms with E-state index < -0.39 is 17.9 Å². The number of fused-ring (bicyclic) bond motifs is 1. The molecule has 0 saturated carbocycles. The minimum atomic E-state index is -4.46. The van der Waals surface area contributed by atoms with Gasteiger partial charge in [-0.2, -0.15) is 18.3 Å². The number of benzene rings is 2. The molecule has 3 aromatic rings. The average Bonchev–Trinajstić information content (AvgIpc) is 2.79. The smallest absolute Gasteiger partial charge is 0.378 e. The monoisotopic (exact) mass is 446 g/mol. The van der Waals surface area contributed by atoms with Gasteiger partial charge in [-0.1, -0.05) is 18.2 Å². The molecule has 32 heavy (non-hydrogen) atoms. The number of hydrogen-bond donors (Lipinski definition) is 3. The molecule has 4 rings (SSSR count). The maximum absolute atomic E-state index is 13.3. The molecule has 1 atom stereocenters. The predicted molar refractivity (Wildman–Crippen MR) is 117 cm³/mol. The summed E-state index contributed by atoms with van der Waals surface area (Å²) in [5.41, 5.74) is 13.4. The second kappa shape index (κ2) is 8.89. The van der Waals surface area contributed by atoms with Crippen molar-refractivity contribution in [3.8, 4) is 0 Å². The minimum absolute atomic E-state index is 0.0739. The molecule has 170 valence electrons. The summed E-state index contributed by atoms with van der Waals surface area (Å²) in [6, 6.07) is 9.88. The molecule has 7 nitrogen and oxygen atoms in total. The average molecular weight is 446 g/mol. The summed E-state index contributed by atoms with van der Waals surface area (Å²) in [6.07, 6.45) is -5.37. The lowest BCUT2D eigenvalue weighted by atomic mass is 10.00. The minimum Gasteiger partial charge on any atom is -0.378 e. The van der Waals surface area contributed by atoms with Gasteiger partial charge in [0.1, 0.15) is 6.17 Å². The SMILES string of the molecule is Cc1c([C@@H](N)Nc2nnc(CN)c3ccc(N4CCOCC4)cc23)cccc1C(F)(F)F. The fourth-order valence-corrected chi connectivity index (χ4v) is 4.00. The van der Waals surface area contributed by atoms with Crippen LogP contribution in [0.4, 0.5) is 24.7 Å². The number of anilines is 2. The molecule has 1 saturated heterocycles. The van der Waals surface area contributed by atoms with E-state index in [-0.39, 0.29) is 12.1 Å².